The summed E-state index contributed by atoms with van der Waals surface area (Å²) >= 11 is 4.82. The van der Waals surface area contributed by atoms with E-state index in [4.69, 9.17) is 22.4 Å². The van der Waals surface area contributed by atoms with Gasteiger partial charge in [0, 0.05) is 12.6 Å². The number of halogens is 1. The van der Waals surface area contributed by atoms with Crippen LogP contribution in [-0.4, -0.2) is 12.0 Å². The van der Waals surface area contributed by atoms with E-state index in [-0.39, 0.29) is 10.8 Å². The average Bonchev–Trinajstić information content (AvgIpc) is 2.74. The van der Waals surface area contributed by atoms with Crippen molar-refractivity contribution in [2.45, 2.75) is 13.5 Å². The van der Waals surface area contributed by atoms with Crippen LogP contribution in [0.25, 0.3) is 0 Å². The molecule has 0 unspecified atom stereocenters. The van der Waals surface area contributed by atoms with E-state index in [1.54, 1.807) is 24.1 Å². The minimum Gasteiger partial charge on any atom is -0.464 e. The molecule has 0 fully saturated rings. The molecule has 0 saturated carbocycles. The third-order valence-corrected chi connectivity index (χ3v) is 3.07. The monoisotopic (exact) mass is 278 g/mol. The maximum Gasteiger partial charge on any atom is 0.147 e. The molecule has 2 N–H and O–H groups in total. The number of nitrogens with two attached hydrogens (primary N) is 1. The summed E-state index contributed by atoms with van der Waals surface area (Å²) in [5.74, 6) is 1.28. The van der Waals surface area contributed by atoms with Crippen molar-refractivity contribution in [3.63, 3.8) is 0 Å². The number of furan rings is 1. The van der Waals surface area contributed by atoms with E-state index in [9.17, 15) is 4.39 Å². The van der Waals surface area contributed by atoms with Gasteiger partial charge in [0.25, 0.3) is 0 Å². The lowest BCUT2D eigenvalue weighted by molar-refractivity contribution is 0.480. The van der Waals surface area contributed by atoms with E-state index in [0.717, 1.165) is 11.5 Å². The van der Waals surface area contributed by atoms with E-state index in [1.165, 1.54) is 6.07 Å². The van der Waals surface area contributed by atoms with Crippen LogP contribution in [0.15, 0.2) is 34.7 Å². The van der Waals surface area contributed by atoms with Crippen molar-refractivity contribution in [1.29, 1.82) is 0 Å². The molecule has 1 aromatic heterocycles. The fraction of sp³-hybridized carbons (Fsp3) is 0.214. The van der Waals surface area contributed by atoms with Gasteiger partial charge < -0.3 is 15.1 Å². The Morgan fingerprint density at radius 3 is 2.63 bits per heavy atom. The lowest BCUT2D eigenvalue weighted by Crippen LogP contribution is -2.18. The first-order valence-corrected chi connectivity index (χ1v) is 6.24. The number of nitrogens with zero attached hydrogens (tertiary/aromatic N) is 1. The number of anilines is 1. The second-order valence-corrected chi connectivity index (χ2v) is 4.84. The number of hydrogen-bond acceptors (Lipinski definition) is 3. The number of hydrogen-bond donors (Lipinski definition) is 1. The van der Waals surface area contributed by atoms with Crippen molar-refractivity contribution >= 4 is 22.9 Å². The molecule has 100 valence electrons. The molecule has 3 nitrogen and oxygen atoms in total. The Morgan fingerprint density at radius 2 is 2.11 bits per heavy atom. The predicted molar refractivity (Wildman–Crippen MR) is 77.8 cm³/mol. The van der Waals surface area contributed by atoms with E-state index >= 15 is 0 Å². The minimum absolute atomic E-state index is 0.190. The molecule has 0 bridgehead atoms. The third kappa shape index (κ3) is 3.12. The fourth-order valence-electron chi connectivity index (χ4n) is 1.86. The molecule has 5 heteroatoms. The summed E-state index contributed by atoms with van der Waals surface area (Å²) in [4.78, 5) is 1.96. The molecule has 0 aliphatic carbocycles. The maximum atomic E-state index is 14.0. The van der Waals surface area contributed by atoms with Crippen molar-refractivity contribution in [2.24, 2.45) is 5.73 Å². The van der Waals surface area contributed by atoms with E-state index < -0.39 is 0 Å². The van der Waals surface area contributed by atoms with Crippen LogP contribution in [-0.2, 0) is 6.54 Å². The van der Waals surface area contributed by atoms with Gasteiger partial charge in [0.1, 0.15) is 22.3 Å². The quantitative estimate of drug-likeness (QED) is 0.873. The molecule has 1 aromatic carbocycles. The number of rotatable bonds is 4. The van der Waals surface area contributed by atoms with Gasteiger partial charge in [-0.15, -0.1) is 0 Å². The first kappa shape index (κ1) is 13.5. The summed E-state index contributed by atoms with van der Waals surface area (Å²) in [6, 6.07) is 8.49. The van der Waals surface area contributed by atoms with Gasteiger partial charge in [0.05, 0.1) is 12.2 Å². The highest BCUT2D eigenvalue weighted by molar-refractivity contribution is 7.80. The van der Waals surface area contributed by atoms with Crippen LogP contribution in [0, 0.1) is 12.7 Å². The molecular weight excluding hydrogens is 263 g/mol. The molecule has 0 aliphatic rings. The summed E-state index contributed by atoms with van der Waals surface area (Å²) < 4.78 is 19.5. The zero-order valence-corrected chi connectivity index (χ0v) is 11.6. The zero-order valence-electron chi connectivity index (χ0n) is 10.8. The Kier molecular flexibility index (Phi) is 3.85. The Labute approximate surface area is 116 Å². The van der Waals surface area contributed by atoms with Crippen molar-refractivity contribution < 1.29 is 8.81 Å². The van der Waals surface area contributed by atoms with Gasteiger partial charge in [0.15, 0.2) is 0 Å². The van der Waals surface area contributed by atoms with Gasteiger partial charge in [-0.2, -0.15) is 0 Å². The fourth-order valence-corrected chi connectivity index (χ4v) is 1.99. The molecular formula is C14H15FN2OS. The summed E-state index contributed by atoms with van der Waals surface area (Å²) in [6.07, 6.45) is 0. The van der Waals surface area contributed by atoms with E-state index in [1.807, 2.05) is 19.1 Å². The Hall–Kier alpha value is -1.88. The minimum atomic E-state index is -0.351. The molecule has 0 aliphatic heterocycles. The number of thiocarbonyl (C=S) groups is 1. The smallest absolute Gasteiger partial charge is 0.147 e. The third-order valence-electron chi connectivity index (χ3n) is 2.83. The van der Waals surface area contributed by atoms with Gasteiger partial charge in [-0.1, -0.05) is 12.2 Å². The Balaban J connectivity index is 2.19. The molecule has 2 aromatic rings. The highest BCUT2D eigenvalue weighted by atomic mass is 32.1. The molecule has 19 heavy (non-hydrogen) atoms. The SMILES string of the molecule is Cc1ccc(CN(C)c2ccc(C(N)=S)cc2F)o1. The molecule has 0 radical (unpaired) electrons. The van der Waals surface area contributed by atoms with Crippen molar-refractivity contribution in [2.75, 3.05) is 11.9 Å². The van der Waals surface area contributed by atoms with Gasteiger partial charge >= 0.3 is 0 Å². The van der Waals surface area contributed by atoms with Crippen LogP contribution in [0.1, 0.15) is 17.1 Å². The first-order valence-electron chi connectivity index (χ1n) is 5.83. The second kappa shape index (κ2) is 5.40. The summed E-state index contributed by atoms with van der Waals surface area (Å²) in [7, 11) is 1.80. The standard InChI is InChI=1S/C14H15FN2OS/c1-9-3-5-11(18-9)8-17(2)13-6-4-10(14(16)19)7-12(13)15/h3-7H,8H2,1-2H3,(H2,16,19). The topological polar surface area (TPSA) is 42.4 Å². The Morgan fingerprint density at radius 1 is 1.37 bits per heavy atom. The van der Waals surface area contributed by atoms with E-state index in [2.05, 4.69) is 0 Å². The molecule has 0 atom stereocenters. The molecule has 0 spiro atoms. The summed E-state index contributed by atoms with van der Waals surface area (Å²) in [5.41, 5.74) is 6.48. The molecule has 0 amide bonds. The summed E-state index contributed by atoms with van der Waals surface area (Å²) in [5, 5.41) is 0. The lowest BCUT2D eigenvalue weighted by atomic mass is 10.2. The highest BCUT2D eigenvalue weighted by Crippen LogP contribution is 2.21. The predicted octanol–water partition coefficient (Wildman–Crippen LogP) is 3.00. The Bertz CT molecular complexity index is 609. The second-order valence-electron chi connectivity index (χ2n) is 4.40. The average molecular weight is 278 g/mol. The van der Waals surface area contributed by atoms with Crippen molar-refractivity contribution in [3.8, 4) is 0 Å². The largest absolute Gasteiger partial charge is 0.464 e. The van der Waals surface area contributed by atoms with Crippen LogP contribution in [0.3, 0.4) is 0 Å². The van der Waals surface area contributed by atoms with Crippen LogP contribution >= 0.6 is 12.2 Å². The van der Waals surface area contributed by atoms with Gasteiger partial charge in [-0.3, -0.25) is 0 Å². The van der Waals surface area contributed by atoms with Crippen LogP contribution in [0.5, 0.6) is 0 Å². The van der Waals surface area contributed by atoms with Gasteiger partial charge in [-0.25, -0.2) is 4.39 Å². The van der Waals surface area contributed by atoms with Crippen LogP contribution in [0.4, 0.5) is 10.1 Å². The zero-order chi connectivity index (χ0) is 14.0. The van der Waals surface area contributed by atoms with Crippen LogP contribution in [0.2, 0.25) is 0 Å². The summed E-state index contributed by atoms with van der Waals surface area (Å²) in [6.45, 7) is 2.37. The van der Waals surface area contributed by atoms with Crippen LogP contribution < -0.4 is 10.6 Å². The first-order chi connectivity index (χ1) is 8.97. The van der Waals surface area contributed by atoms with Gasteiger partial charge in [-0.05, 0) is 37.3 Å². The normalized spacial score (nSPS) is 10.5. The molecule has 2 rings (SSSR count). The number of benzene rings is 1. The number of aryl methyl sites for hydroxylation is 1. The molecule has 0 saturated heterocycles. The lowest BCUT2D eigenvalue weighted by Gasteiger charge is -2.19. The maximum absolute atomic E-state index is 14.0. The van der Waals surface area contributed by atoms with Crippen molar-refractivity contribution in [1.82, 2.24) is 0 Å². The van der Waals surface area contributed by atoms with Gasteiger partial charge in [0.2, 0.25) is 0 Å². The van der Waals surface area contributed by atoms with Crippen molar-refractivity contribution in [3.05, 3.63) is 53.2 Å². The molecule has 1 heterocycles. The van der Waals surface area contributed by atoms with E-state index in [0.29, 0.717) is 17.8 Å². The highest BCUT2D eigenvalue weighted by Gasteiger charge is 2.11.